The van der Waals surface area contributed by atoms with Gasteiger partial charge in [0.05, 0.1) is 6.61 Å². The number of hydrogen-bond donors (Lipinski definition) is 2. The van der Waals surface area contributed by atoms with Crippen molar-refractivity contribution >= 4 is 32.6 Å². The predicted octanol–water partition coefficient (Wildman–Crippen LogP) is 3.33. The molecule has 1 aromatic heterocycles. The smallest absolute Gasteiger partial charge is 0.266 e. The number of amides is 1. The Hall–Kier alpha value is -3.33. The first kappa shape index (κ1) is 24.8. The molecule has 2 atom stereocenters. The number of nitrogens with one attached hydrogen (secondary N) is 2. The highest BCUT2D eigenvalue weighted by Gasteiger charge is 2.34. The first-order valence-electron chi connectivity index (χ1n) is 9.87. The molecule has 2 aromatic carbocycles. The molecular formula is C20H15F5N4O4S2. The van der Waals surface area contributed by atoms with E-state index in [4.69, 9.17) is 4.74 Å². The fraction of sp³-hybridized carbons (Fsp3) is 0.250. The second-order valence-corrected chi connectivity index (χ2v) is 9.97. The Balaban J connectivity index is 1.54. The minimum absolute atomic E-state index is 0.0652. The Labute approximate surface area is 199 Å². The Bertz CT molecular complexity index is 1370. The van der Waals surface area contributed by atoms with Crippen LogP contribution in [0.3, 0.4) is 0 Å². The van der Waals surface area contributed by atoms with Crippen molar-refractivity contribution in [3.05, 3.63) is 65.2 Å². The Kier molecular flexibility index (Phi) is 6.89. The zero-order valence-electron chi connectivity index (χ0n) is 17.4. The topological polar surface area (TPSA) is 110 Å². The number of anilines is 1. The predicted molar refractivity (Wildman–Crippen MR) is 113 cm³/mol. The van der Waals surface area contributed by atoms with Gasteiger partial charge in [0.15, 0.2) is 23.2 Å². The van der Waals surface area contributed by atoms with Crippen molar-refractivity contribution in [2.24, 2.45) is 5.92 Å². The monoisotopic (exact) mass is 534 g/mol. The van der Waals surface area contributed by atoms with Crippen LogP contribution in [0.2, 0.25) is 0 Å². The van der Waals surface area contributed by atoms with Crippen LogP contribution in [0.1, 0.15) is 17.9 Å². The Morgan fingerprint density at radius 3 is 2.49 bits per heavy atom. The molecule has 1 fully saturated rings. The van der Waals surface area contributed by atoms with Crippen LogP contribution in [0.5, 0.6) is 5.75 Å². The molecule has 4 rings (SSSR count). The summed E-state index contributed by atoms with van der Waals surface area (Å²) in [5, 5.41) is 2.36. The summed E-state index contributed by atoms with van der Waals surface area (Å²) in [5.74, 6) is -9.07. The molecule has 35 heavy (non-hydrogen) atoms. The number of halogens is 5. The van der Waals surface area contributed by atoms with E-state index in [9.17, 15) is 35.2 Å². The van der Waals surface area contributed by atoms with Gasteiger partial charge in [0, 0.05) is 54.5 Å². The number of nitrogens with zero attached hydrogens (tertiary/aromatic N) is 2. The number of carbonyl (C=O) groups is 1. The summed E-state index contributed by atoms with van der Waals surface area (Å²) in [6.07, 6.45) is 0.796. The molecule has 0 spiro atoms. The molecule has 2 heterocycles. The van der Waals surface area contributed by atoms with Crippen LogP contribution in [0, 0.1) is 35.0 Å². The van der Waals surface area contributed by atoms with E-state index in [1.165, 1.54) is 0 Å². The SMILES string of the molecule is O=C1CC(c2cc(F)c(F)cc2F)C(COc2cc(F)c(S(=O)(=O)Nc3ncns3)cc2F)CN1. The summed E-state index contributed by atoms with van der Waals surface area (Å²) in [6, 6.07) is 1.95. The molecule has 1 aliphatic rings. The first-order chi connectivity index (χ1) is 16.5. The van der Waals surface area contributed by atoms with E-state index in [2.05, 4.69) is 14.7 Å². The van der Waals surface area contributed by atoms with Crippen molar-refractivity contribution in [3.63, 3.8) is 0 Å². The number of rotatable bonds is 7. The van der Waals surface area contributed by atoms with Gasteiger partial charge in [-0.2, -0.15) is 4.37 Å². The number of ether oxygens (including phenoxy) is 1. The lowest BCUT2D eigenvalue weighted by Gasteiger charge is -2.32. The highest BCUT2D eigenvalue weighted by molar-refractivity contribution is 7.93. The molecule has 2 N–H and O–H groups in total. The van der Waals surface area contributed by atoms with Crippen LogP contribution >= 0.6 is 11.5 Å². The summed E-state index contributed by atoms with van der Waals surface area (Å²) in [6.45, 7) is -0.445. The fourth-order valence-electron chi connectivity index (χ4n) is 3.60. The summed E-state index contributed by atoms with van der Waals surface area (Å²) in [5.41, 5.74) is -0.261. The van der Waals surface area contributed by atoms with Gasteiger partial charge in [-0.05, 0) is 11.6 Å². The molecule has 0 saturated carbocycles. The van der Waals surface area contributed by atoms with E-state index >= 15 is 0 Å². The van der Waals surface area contributed by atoms with Gasteiger partial charge in [-0.15, -0.1) is 0 Å². The number of hydrogen-bond acceptors (Lipinski definition) is 7. The van der Waals surface area contributed by atoms with Gasteiger partial charge in [0.25, 0.3) is 10.0 Å². The molecule has 0 aliphatic carbocycles. The zero-order chi connectivity index (χ0) is 25.3. The van der Waals surface area contributed by atoms with Crippen LogP contribution in [0.4, 0.5) is 27.1 Å². The fourth-order valence-corrected chi connectivity index (χ4v) is 5.33. The third kappa shape index (κ3) is 5.35. The standard InChI is InChI=1S/C20H15F5N4O4S2/c21-12-3-14(23)13(22)1-11(12)10-2-19(30)26-6-9(10)7-33-17-4-16(25)18(5-15(17)24)35(31,32)29-20-27-8-28-34-20/h1,3-5,8-10H,2,6-7H2,(H,26,30)(H,27,28,29). The highest BCUT2D eigenvalue weighted by Crippen LogP contribution is 2.35. The van der Waals surface area contributed by atoms with E-state index in [1.54, 1.807) is 0 Å². The maximum Gasteiger partial charge on any atom is 0.266 e. The van der Waals surface area contributed by atoms with Crippen LogP contribution in [-0.4, -0.2) is 36.8 Å². The molecule has 0 bridgehead atoms. The molecule has 15 heteroatoms. The van der Waals surface area contributed by atoms with Crippen molar-refractivity contribution in [3.8, 4) is 5.75 Å². The summed E-state index contributed by atoms with van der Waals surface area (Å²) < 4.78 is 106. The summed E-state index contributed by atoms with van der Waals surface area (Å²) in [4.78, 5) is 14.5. The maximum absolute atomic E-state index is 14.6. The van der Waals surface area contributed by atoms with E-state index in [1.807, 2.05) is 4.72 Å². The van der Waals surface area contributed by atoms with Gasteiger partial charge >= 0.3 is 0 Å². The van der Waals surface area contributed by atoms with E-state index < -0.39 is 67.5 Å². The lowest BCUT2D eigenvalue weighted by Crippen LogP contribution is -2.42. The summed E-state index contributed by atoms with van der Waals surface area (Å²) >= 11 is 0.690. The quantitative estimate of drug-likeness (QED) is 0.356. The van der Waals surface area contributed by atoms with Crippen LogP contribution < -0.4 is 14.8 Å². The average molecular weight is 534 g/mol. The minimum Gasteiger partial charge on any atom is -0.490 e. The number of carbonyl (C=O) groups excluding carboxylic acids is 1. The van der Waals surface area contributed by atoms with Crippen molar-refractivity contribution < 1.29 is 39.9 Å². The summed E-state index contributed by atoms with van der Waals surface area (Å²) in [7, 11) is -4.52. The number of benzene rings is 2. The van der Waals surface area contributed by atoms with Crippen LogP contribution in [0.15, 0.2) is 35.5 Å². The van der Waals surface area contributed by atoms with E-state index in [0.29, 0.717) is 35.8 Å². The molecular weight excluding hydrogens is 519 g/mol. The van der Waals surface area contributed by atoms with Crippen LogP contribution in [-0.2, 0) is 14.8 Å². The highest BCUT2D eigenvalue weighted by atomic mass is 32.2. The second-order valence-electron chi connectivity index (χ2n) is 7.54. The van der Waals surface area contributed by atoms with E-state index in [0.717, 1.165) is 6.33 Å². The second kappa shape index (κ2) is 9.73. The first-order valence-corrected chi connectivity index (χ1v) is 12.1. The molecule has 8 nitrogen and oxygen atoms in total. The van der Waals surface area contributed by atoms with Gasteiger partial charge in [-0.25, -0.2) is 35.4 Å². The third-order valence-corrected chi connectivity index (χ3v) is 7.35. The number of piperidine rings is 1. The molecule has 2 unspecified atom stereocenters. The normalized spacial score (nSPS) is 18.3. The Morgan fingerprint density at radius 1 is 1.03 bits per heavy atom. The lowest BCUT2D eigenvalue weighted by molar-refractivity contribution is -0.123. The van der Waals surface area contributed by atoms with Crippen LogP contribution in [0.25, 0.3) is 0 Å². The molecule has 1 aliphatic heterocycles. The number of sulfonamides is 1. The third-order valence-electron chi connectivity index (χ3n) is 5.29. The van der Waals surface area contributed by atoms with Crippen molar-refractivity contribution in [1.29, 1.82) is 0 Å². The number of aromatic nitrogens is 2. The molecule has 0 radical (unpaired) electrons. The average Bonchev–Trinajstić information content (AvgIpc) is 3.29. The van der Waals surface area contributed by atoms with Crippen molar-refractivity contribution in [1.82, 2.24) is 14.7 Å². The van der Waals surface area contributed by atoms with Gasteiger partial charge in [0.1, 0.15) is 22.9 Å². The van der Waals surface area contributed by atoms with Gasteiger partial charge in [0.2, 0.25) is 11.0 Å². The minimum atomic E-state index is -4.52. The van der Waals surface area contributed by atoms with Crippen molar-refractivity contribution in [2.45, 2.75) is 17.2 Å². The molecule has 186 valence electrons. The molecule has 1 amide bonds. The van der Waals surface area contributed by atoms with E-state index in [-0.39, 0.29) is 30.3 Å². The van der Waals surface area contributed by atoms with Gasteiger partial charge < -0.3 is 10.1 Å². The van der Waals surface area contributed by atoms with Gasteiger partial charge in [-0.1, -0.05) is 0 Å². The molecule has 3 aromatic rings. The lowest BCUT2D eigenvalue weighted by atomic mass is 9.81. The zero-order valence-corrected chi connectivity index (χ0v) is 19.0. The molecule has 1 saturated heterocycles. The Morgan fingerprint density at radius 2 is 1.77 bits per heavy atom. The van der Waals surface area contributed by atoms with Gasteiger partial charge in [-0.3, -0.25) is 9.52 Å². The van der Waals surface area contributed by atoms with Crippen molar-refractivity contribution in [2.75, 3.05) is 17.9 Å². The largest absolute Gasteiger partial charge is 0.490 e. The maximum atomic E-state index is 14.6.